The summed E-state index contributed by atoms with van der Waals surface area (Å²) in [5.74, 6) is -0.334. The molecule has 0 aliphatic heterocycles. The summed E-state index contributed by atoms with van der Waals surface area (Å²) in [6.07, 6.45) is 3.15. The van der Waals surface area contributed by atoms with Crippen LogP contribution in [0.2, 0.25) is 0 Å². The summed E-state index contributed by atoms with van der Waals surface area (Å²) in [6.45, 7) is 10.2. The van der Waals surface area contributed by atoms with Crippen molar-refractivity contribution >= 4 is 5.97 Å². The van der Waals surface area contributed by atoms with E-state index in [1.807, 2.05) is 39.0 Å². The van der Waals surface area contributed by atoms with Crippen LogP contribution in [0, 0.1) is 0 Å². The topological polar surface area (TPSA) is 54.0 Å². The molecular weight excluding hydrogens is 332 g/mol. The van der Waals surface area contributed by atoms with Crippen molar-refractivity contribution in [3.8, 4) is 0 Å². The average Bonchev–Trinajstić information content (AvgIpc) is 2.65. The van der Waals surface area contributed by atoms with E-state index in [4.69, 9.17) is 18.9 Å². The molecular formula is C21H34O5. The van der Waals surface area contributed by atoms with E-state index in [0.29, 0.717) is 25.4 Å². The van der Waals surface area contributed by atoms with E-state index < -0.39 is 0 Å². The molecule has 0 fully saturated rings. The Morgan fingerprint density at radius 3 is 2.15 bits per heavy atom. The Labute approximate surface area is 158 Å². The van der Waals surface area contributed by atoms with Crippen LogP contribution in [0.25, 0.3) is 0 Å². The predicted octanol–water partition coefficient (Wildman–Crippen LogP) is 4.25. The Hall–Kier alpha value is -1.43. The van der Waals surface area contributed by atoms with E-state index in [1.165, 1.54) is 12.8 Å². The Bertz CT molecular complexity index is 477. The second-order valence-corrected chi connectivity index (χ2v) is 6.65. The molecule has 1 aromatic rings. The van der Waals surface area contributed by atoms with Crippen molar-refractivity contribution in [3.63, 3.8) is 0 Å². The zero-order valence-corrected chi connectivity index (χ0v) is 16.6. The standard InChI is InChI=1S/C21H34O5/c1-5-6-10-13-23-14-17(2)24-15-18(3)25-16-19(4)26-21(22)20-11-8-7-9-12-20/h7-9,11-12,17-19H,5-6,10,13-16H2,1-4H3. The lowest BCUT2D eigenvalue weighted by molar-refractivity contribution is -0.0730. The van der Waals surface area contributed by atoms with E-state index in [-0.39, 0.29) is 24.3 Å². The fourth-order valence-electron chi connectivity index (χ4n) is 2.26. The number of rotatable bonds is 14. The van der Waals surface area contributed by atoms with Gasteiger partial charge in [0.25, 0.3) is 0 Å². The number of ether oxygens (including phenoxy) is 4. The summed E-state index contributed by atoms with van der Waals surface area (Å²) in [5, 5.41) is 0. The maximum Gasteiger partial charge on any atom is 0.338 e. The molecule has 0 amide bonds. The number of carbonyl (C=O) groups excluding carboxylic acids is 1. The van der Waals surface area contributed by atoms with Crippen molar-refractivity contribution in [3.05, 3.63) is 35.9 Å². The lowest BCUT2D eigenvalue weighted by atomic mass is 10.2. The number of esters is 1. The molecule has 26 heavy (non-hydrogen) atoms. The molecule has 0 N–H and O–H groups in total. The highest BCUT2D eigenvalue weighted by atomic mass is 16.6. The molecule has 0 aliphatic carbocycles. The quantitative estimate of drug-likeness (QED) is 0.364. The van der Waals surface area contributed by atoms with E-state index in [2.05, 4.69) is 6.92 Å². The van der Waals surface area contributed by atoms with Gasteiger partial charge >= 0.3 is 5.97 Å². The molecule has 1 aromatic carbocycles. The number of hydrogen-bond donors (Lipinski definition) is 0. The number of benzene rings is 1. The first-order valence-corrected chi connectivity index (χ1v) is 9.59. The van der Waals surface area contributed by atoms with Crippen molar-refractivity contribution in [2.75, 3.05) is 26.4 Å². The smallest absolute Gasteiger partial charge is 0.338 e. The van der Waals surface area contributed by atoms with Crippen molar-refractivity contribution in [2.45, 2.75) is 65.3 Å². The molecule has 0 radical (unpaired) electrons. The van der Waals surface area contributed by atoms with E-state index >= 15 is 0 Å². The third kappa shape index (κ3) is 10.5. The van der Waals surface area contributed by atoms with E-state index in [0.717, 1.165) is 13.0 Å². The highest BCUT2D eigenvalue weighted by molar-refractivity contribution is 5.89. The average molecular weight is 366 g/mol. The summed E-state index contributed by atoms with van der Waals surface area (Å²) in [7, 11) is 0. The van der Waals surface area contributed by atoms with Gasteiger partial charge in [0.15, 0.2) is 0 Å². The SMILES string of the molecule is CCCCCOCC(C)OCC(C)OCC(C)OC(=O)c1ccccc1. The fourth-order valence-corrected chi connectivity index (χ4v) is 2.26. The van der Waals surface area contributed by atoms with Crippen molar-refractivity contribution in [1.29, 1.82) is 0 Å². The summed E-state index contributed by atoms with van der Waals surface area (Å²) in [4.78, 5) is 12.0. The predicted molar refractivity (Wildman–Crippen MR) is 102 cm³/mol. The molecule has 5 heteroatoms. The molecule has 3 atom stereocenters. The normalized spacial score (nSPS) is 14.6. The molecule has 148 valence electrons. The fraction of sp³-hybridized carbons (Fsp3) is 0.667. The third-order valence-corrected chi connectivity index (χ3v) is 3.79. The van der Waals surface area contributed by atoms with Gasteiger partial charge in [0.2, 0.25) is 0 Å². The lowest BCUT2D eigenvalue weighted by Gasteiger charge is -2.20. The largest absolute Gasteiger partial charge is 0.457 e. The maximum absolute atomic E-state index is 12.0. The van der Waals surface area contributed by atoms with Gasteiger partial charge in [-0.2, -0.15) is 0 Å². The molecule has 0 saturated heterocycles. The Kier molecular flexibility index (Phi) is 11.9. The van der Waals surface area contributed by atoms with Crippen LogP contribution in [0.5, 0.6) is 0 Å². The molecule has 0 bridgehead atoms. The van der Waals surface area contributed by atoms with Crippen LogP contribution >= 0.6 is 0 Å². The number of hydrogen-bond acceptors (Lipinski definition) is 5. The minimum atomic E-state index is -0.334. The van der Waals surface area contributed by atoms with Crippen molar-refractivity contribution in [2.24, 2.45) is 0 Å². The van der Waals surface area contributed by atoms with Crippen molar-refractivity contribution in [1.82, 2.24) is 0 Å². The van der Waals surface area contributed by atoms with Crippen molar-refractivity contribution < 1.29 is 23.7 Å². The molecule has 0 heterocycles. The summed E-state index contributed by atoms with van der Waals surface area (Å²) < 4.78 is 22.4. The molecule has 0 aromatic heterocycles. The van der Waals surface area contributed by atoms with Crippen LogP contribution in [0.15, 0.2) is 30.3 Å². The Balaban J connectivity index is 2.11. The van der Waals surface area contributed by atoms with E-state index in [1.54, 1.807) is 12.1 Å². The monoisotopic (exact) mass is 366 g/mol. The van der Waals surface area contributed by atoms with Gasteiger partial charge in [-0.1, -0.05) is 38.0 Å². The summed E-state index contributed by atoms with van der Waals surface area (Å²) >= 11 is 0. The lowest BCUT2D eigenvalue weighted by Crippen LogP contribution is -2.27. The molecule has 0 aliphatic rings. The first kappa shape index (κ1) is 22.6. The van der Waals surface area contributed by atoms with Crippen LogP contribution in [-0.4, -0.2) is 50.7 Å². The molecule has 5 nitrogen and oxygen atoms in total. The van der Waals surface area contributed by atoms with Gasteiger partial charge in [-0.3, -0.25) is 0 Å². The Morgan fingerprint density at radius 2 is 1.50 bits per heavy atom. The van der Waals surface area contributed by atoms with Crippen LogP contribution in [-0.2, 0) is 18.9 Å². The second-order valence-electron chi connectivity index (χ2n) is 6.65. The minimum Gasteiger partial charge on any atom is -0.457 e. The number of carbonyl (C=O) groups is 1. The first-order valence-electron chi connectivity index (χ1n) is 9.59. The Morgan fingerprint density at radius 1 is 0.885 bits per heavy atom. The van der Waals surface area contributed by atoms with Gasteiger partial charge in [-0.25, -0.2) is 4.79 Å². The summed E-state index contributed by atoms with van der Waals surface area (Å²) in [6, 6.07) is 8.95. The minimum absolute atomic E-state index is 0.0380. The molecule has 0 spiro atoms. The zero-order valence-electron chi connectivity index (χ0n) is 16.6. The van der Waals surface area contributed by atoms with Gasteiger partial charge in [0.05, 0.1) is 37.6 Å². The second kappa shape index (κ2) is 13.7. The first-order chi connectivity index (χ1) is 12.5. The highest BCUT2D eigenvalue weighted by Crippen LogP contribution is 2.06. The van der Waals surface area contributed by atoms with Gasteiger partial charge in [0, 0.05) is 6.61 Å². The van der Waals surface area contributed by atoms with Gasteiger partial charge in [0.1, 0.15) is 6.10 Å². The zero-order chi connectivity index (χ0) is 19.2. The third-order valence-electron chi connectivity index (χ3n) is 3.79. The number of unbranched alkanes of at least 4 members (excludes halogenated alkanes) is 2. The van der Waals surface area contributed by atoms with Crippen LogP contribution < -0.4 is 0 Å². The van der Waals surface area contributed by atoms with Gasteiger partial charge in [-0.15, -0.1) is 0 Å². The van der Waals surface area contributed by atoms with E-state index in [9.17, 15) is 4.79 Å². The summed E-state index contributed by atoms with van der Waals surface area (Å²) in [5.41, 5.74) is 0.545. The van der Waals surface area contributed by atoms with Crippen LogP contribution in [0.1, 0.15) is 57.3 Å². The maximum atomic E-state index is 12.0. The van der Waals surface area contributed by atoms with Crippen LogP contribution in [0.4, 0.5) is 0 Å². The van der Waals surface area contributed by atoms with Gasteiger partial charge < -0.3 is 18.9 Å². The van der Waals surface area contributed by atoms with Crippen LogP contribution in [0.3, 0.4) is 0 Å². The van der Waals surface area contributed by atoms with Gasteiger partial charge in [-0.05, 0) is 39.3 Å². The molecule has 1 rings (SSSR count). The highest BCUT2D eigenvalue weighted by Gasteiger charge is 2.14. The molecule has 0 saturated carbocycles. The molecule has 3 unspecified atom stereocenters.